The maximum absolute atomic E-state index is 12.6. The highest BCUT2D eigenvalue weighted by molar-refractivity contribution is 9.10. The highest BCUT2D eigenvalue weighted by atomic mass is 79.9. The second-order valence-electron chi connectivity index (χ2n) is 7.06. The molecule has 0 aliphatic heterocycles. The van der Waals surface area contributed by atoms with Crippen LogP contribution >= 0.6 is 27.5 Å². The lowest BCUT2D eigenvalue weighted by Gasteiger charge is -2.08. The van der Waals surface area contributed by atoms with Crippen molar-refractivity contribution in [2.45, 2.75) is 19.8 Å². The normalized spacial score (nSPS) is 11.2. The number of hydrogen-bond acceptors (Lipinski definition) is 3. The van der Waals surface area contributed by atoms with Gasteiger partial charge in [0.25, 0.3) is 5.91 Å². The molecule has 0 unspecified atom stereocenters. The molecule has 1 heterocycles. The minimum Gasteiger partial charge on any atom is -0.436 e. The number of rotatable bonds is 4. The van der Waals surface area contributed by atoms with Gasteiger partial charge in [-0.3, -0.25) is 4.79 Å². The number of fused-ring (bicyclic) bond motifs is 1. The Labute approximate surface area is 182 Å². The maximum Gasteiger partial charge on any atom is 0.255 e. The van der Waals surface area contributed by atoms with Crippen molar-refractivity contribution in [1.29, 1.82) is 0 Å². The number of aromatic nitrogens is 1. The first kappa shape index (κ1) is 19.7. The van der Waals surface area contributed by atoms with E-state index in [0.717, 1.165) is 4.47 Å². The fourth-order valence-electron chi connectivity index (χ4n) is 3.00. The monoisotopic (exact) mass is 468 g/mol. The molecule has 4 rings (SSSR count). The highest BCUT2D eigenvalue weighted by Gasteiger charge is 2.14. The van der Waals surface area contributed by atoms with Crippen molar-refractivity contribution in [2.75, 3.05) is 5.32 Å². The molecule has 1 aromatic heterocycles. The summed E-state index contributed by atoms with van der Waals surface area (Å²) in [5, 5.41) is 3.47. The number of amides is 1. The number of nitrogens with zero attached hydrogens (tertiary/aromatic N) is 1. The summed E-state index contributed by atoms with van der Waals surface area (Å²) < 4.78 is 6.73. The van der Waals surface area contributed by atoms with Crippen molar-refractivity contribution in [3.8, 4) is 11.5 Å². The molecule has 1 N–H and O–H groups in total. The van der Waals surface area contributed by atoms with E-state index in [0.29, 0.717) is 44.7 Å². The summed E-state index contributed by atoms with van der Waals surface area (Å²) in [5.74, 6) is 0.687. The predicted octanol–water partition coefficient (Wildman–Crippen LogP) is 7.29. The van der Waals surface area contributed by atoms with Gasteiger partial charge in [0.15, 0.2) is 5.58 Å². The van der Waals surface area contributed by atoms with Gasteiger partial charge in [-0.05, 0) is 60.0 Å². The van der Waals surface area contributed by atoms with E-state index in [1.807, 2.05) is 36.4 Å². The molecule has 0 aliphatic rings. The topological polar surface area (TPSA) is 55.1 Å². The molecule has 4 aromatic rings. The second kappa shape index (κ2) is 8.01. The van der Waals surface area contributed by atoms with Crippen molar-refractivity contribution in [1.82, 2.24) is 4.98 Å². The van der Waals surface area contributed by atoms with E-state index in [1.165, 1.54) is 5.56 Å². The molecule has 0 aliphatic carbocycles. The van der Waals surface area contributed by atoms with E-state index in [1.54, 1.807) is 24.3 Å². The standard InChI is InChI=1S/C23H18BrClN2O2/c1-13(2)14-3-5-15(6-4-14)22(28)26-17-8-10-21-20(12-17)27-23(29-21)18-11-16(24)7-9-19(18)25/h3-13H,1-2H3,(H,26,28). The van der Waals surface area contributed by atoms with Gasteiger partial charge in [0.1, 0.15) is 5.52 Å². The van der Waals surface area contributed by atoms with Crippen LogP contribution in [0.2, 0.25) is 5.02 Å². The number of oxazole rings is 1. The molecule has 0 spiro atoms. The average molecular weight is 470 g/mol. The minimum atomic E-state index is -0.168. The van der Waals surface area contributed by atoms with Crippen LogP contribution in [-0.4, -0.2) is 10.9 Å². The summed E-state index contributed by atoms with van der Waals surface area (Å²) in [6.07, 6.45) is 0. The molecule has 0 radical (unpaired) electrons. The fourth-order valence-corrected chi connectivity index (χ4v) is 3.56. The molecule has 0 saturated carbocycles. The summed E-state index contributed by atoms with van der Waals surface area (Å²) in [6.45, 7) is 4.25. The van der Waals surface area contributed by atoms with Crippen LogP contribution in [0.1, 0.15) is 35.7 Å². The zero-order valence-corrected chi connectivity index (χ0v) is 18.2. The molecule has 29 heavy (non-hydrogen) atoms. The molecule has 0 saturated heterocycles. The molecule has 146 valence electrons. The molecule has 6 heteroatoms. The van der Waals surface area contributed by atoms with Crippen molar-refractivity contribution in [3.05, 3.63) is 81.3 Å². The van der Waals surface area contributed by atoms with E-state index in [9.17, 15) is 4.79 Å². The number of benzene rings is 3. The van der Waals surface area contributed by atoms with Crippen LogP contribution in [-0.2, 0) is 0 Å². The zero-order chi connectivity index (χ0) is 20.5. The van der Waals surface area contributed by atoms with Gasteiger partial charge < -0.3 is 9.73 Å². The molecule has 0 atom stereocenters. The van der Waals surface area contributed by atoms with Crippen LogP contribution in [0.15, 0.2) is 69.6 Å². The first-order chi connectivity index (χ1) is 13.9. The van der Waals surface area contributed by atoms with Crippen LogP contribution in [0.5, 0.6) is 0 Å². The van der Waals surface area contributed by atoms with Gasteiger partial charge in [0, 0.05) is 15.7 Å². The summed E-state index contributed by atoms with van der Waals surface area (Å²) in [6, 6.07) is 18.5. The van der Waals surface area contributed by atoms with Gasteiger partial charge in [0.2, 0.25) is 5.89 Å². The SMILES string of the molecule is CC(C)c1ccc(C(=O)Nc2ccc3oc(-c4cc(Br)ccc4Cl)nc3c2)cc1. The Morgan fingerprint density at radius 1 is 1.07 bits per heavy atom. The van der Waals surface area contributed by atoms with Crippen LogP contribution < -0.4 is 5.32 Å². The molecular formula is C23H18BrClN2O2. The van der Waals surface area contributed by atoms with Crippen molar-refractivity contribution < 1.29 is 9.21 Å². The lowest BCUT2D eigenvalue weighted by Crippen LogP contribution is -2.11. The Hall–Kier alpha value is -2.63. The van der Waals surface area contributed by atoms with E-state index in [4.69, 9.17) is 16.0 Å². The molecule has 0 bridgehead atoms. The lowest BCUT2D eigenvalue weighted by atomic mass is 10.0. The number of hydrogen-bond donors (Lipinski definition) is 1. The van der Waals surface area contributed by atoms with Gasteiger partial charge >= 0.3 is 0 Å². The van der Waals surface area contributed by atoms with E-state index in [-0.39, 0.29) is 5.91 Å². The van der Waals surface area contributed by atoms with Crippen LogP contribution in [0.4, 0.5) is 5.69 Å². The number of carbonyl (C=O) groups excluding carboxylic acids is 1. The minimum absolute atomic E-state index is 0.168. The van der Waals surface area contributed by atoms with E-state index >= 15 is 0 Å². The summed E-state index contributed by atoms with van der Waals surface area (Å²) in [4.78, 5) is 17.1. The van der Waals surface area contributed by atoms with Crippen LogP contribution in [0.3, 0.4) is 0 Å². The summed E-state index contributed by atoms with van der Waals surface area (Å²) in [7, 11) is 0. The van der Waals surface area contributed by atoms with Crippen molar-refractivity contribution in [3.63, 3.8) is 0 Å². The zero-order valence-electron chi connectivity index (χ0n) is 15.9. The first-order valence-electron chi connectivity index (χ1n) is 9.18. The number of nitrogens with one attached hydrogen (secondary N) is 1. The van der Waals surface area contributed by atoms with E-state index < -0.39 is 0 Å². The van der Waals surface area contributed by atoms with Crippen LogP contribution in [0.25, 0.3) is 22.6 Å². The second-order valence-corrected chi connectivity index (χ2v) is 8.38. The quantitative estimate of drug-likeness (QED) is 0.341. The van der Waals surface area contributed by atoms with Gasteiger partial charge in [0.05, 0.1) is 10.6 Å². The first-order valence-corrected chi connectivity index (χ1v) is 10.3. The van der Waals surface area contributed by atoms with Gasteiger partial charge in [-0.1, -0.05) is 53.5 Å². The smallest absolute Gasteiger partial charge is 0.255 e. The Bertz CT molecular complexity index is 1200. The maximum atomic E-state index is 12.6. The fraction of sp³-hybridized carbons (Fsp3) is 0.130. The molecule has 1 amide bonds. The molecular weight excluding hydrogens is 452 g/mol. The average Bonchev–Trinajstić information content (AvgIpc) is 3.13. The van der Waals surface area contributed by atoms with E-state index in [2.05, 4.69) is 40.1 Å². The van der Waals surface area contributed by atoms with Crippen molar-refractivity contribution in [2.24, 2.45) is 0 Å². The Morgan fingerprint density at radius 2 is 1.83 bits per heavy atom. The third kappa shape index (κ3) is 4.21. The Kier molecular flexibility index (Phi) is 5.43. The summed E-state index contributed by atoms with van der Waals surface area (Å²) >= 11 is 9.71. The number of carbonyl (C=O) groups is 1. The summed E-state index contributed by atoms with van der Waals surface area (Å²) in [5.41, 5.74) is 4.42. The van der Waals surface area contributed by atoms with Gasteiger partial charge in [-0.2, -0.15) is 0 Å². The number of anilines is 1. The Balaban J connectivity index is 1.59. The van der Waals surface area contributed by atoms with Gasteiger partial charge in [-0.25, -0.2) is 4.98 Å². The van der Waals surface area contributed by atoms with Crippen LogP contribution in [0, 0.1) is 0 Å². The lowest BCUT2D eigenvalue weighted by molar-refractivity contribution is 0.102. The third-order valence-electron chi connectivity index (χ3n) is 4.64. The molecule has 4 nitrogen and oxygen atoms in total. The molecule has 0 fully saturated rings. The largest absolute Gasteiger partial charge is 0.436 e. The number of halogens is 2. The molecule has 3 aromatic carbocycles. The highest BCUT2D eigenvalue weighted by Crippen LogP contribution is 2.33. The van der Waals surface area contributed by atoms with Crippen molar-refractivity contribution >= 4 is 50.2 Å². The Morgan fingerprint density at radius 3 is 2.55 bits per heavy atom. The third-order valence-corrected chi connectivity index (χ3v) is 5.47. The predicted molar refractivity (Wildman–Crippen MR) is 121 cm³/mol. The van der Waals surface area contributed by atoms with Gasteiger partial charge in [-0.15, -0.1) is 0 Å².